The number of nitro groups is 1. The molecule has 0 spiro atoms. The highest BCUT2D eigenvalue weighted by atomic mass is 32.1. The second-order valence-corrected chi connectivity index (χ2v) is 6.53. The summed E-state index contributed by atoms with van der Waals surface area (Å²) in [6, 6.07) is 15.8. The number of non-ortho nitro benzene ring substituents is 1. The lowest BCUT2D eigenvalue weighted by Gasteiger charge is -1.99. The summed E-state index contributed by atoms with van der Waals surface area (Å²) in [5, 5.41) is 20.8. The van der Waals surface area contributed by atoms with Gasteiger partial charge < -0.3 is 5.11 Å². The summed E-state index contributed by atoms with van der Waals surface area (Å²) in [7, 11) is 0. The SMILES string of the molecule is O=C(O)c1sc(Cc2ccc([N+](=O)[O-])cc2)nc1Cc1ccccc1. The van der Waals surface area contributed by atoms with Crippen molar-refractivity contribution in [2.75, 3.05) is 0 Å². The maximum atomic E-state index is 11.5. The summed E-state index contributed by atoms with van der Waals surface area (Å²) in [5.41, 5.74) is 2.42. The second-order valence-electron chi connectivity index (χ2n) is 5.45. The quantitative estimate of drug-likeness (QED) is 0.535. The number of carboxylic acids is 1. The van der Waals surface area contributed by atoms with Crippen LogP contribution in [0.5, 0.6) is 0 Å². The number of nitrogens with zero attached hydrogens (tertiary/aromatic N) is 2. The van der Waals surface area contributed by atoms with Crippen LogP contribution in [0, 0.1) is 10.1 Å². The third kappa shape index (κ3) is 4.07. The van der Waals surface area contributed by atoms with Crippen molar-refractivity contribution in [3.63, 3.8) is 0 Å². The van der Waals surface area contributed by atoms with Gasteiger partial charge >= 0.3 is 5.97 Å². The molecule has 0 saturated carbocycles. The van der Waals surface area contributed by atoms with Crippen LogP contribution < -0.4 is 0 Å². The number of thiazole rings is 1. The van der Waals surface area contributed by atoms with Gasteiger partial charge in [0.1, 0.15) is 4.88 Å². The summed E-state index contributed by atoms with van der Waals surface area (Å²) in [6.45, 7) is 0. The maximum absolute atomic E-state index is 11.5. The number of aromatic nitrogens is 1. The first kappa shape index (κ1) is 16.8. The number of nitro benzene ring substituents is 1. The highest BCUT2D eigenvalue weighted by Gasteiger charge is 2.18. The third-order valence-electron chi connectivity index (χ3n) is 3.65. The highest BCUT2D eigenvalue weighted by Crippen LogP contribution is 2.24. The van der Waals surface area contributed by atoms with Crippen LogP contribution in [-0.2, 0) is 12.8 Å². The van der Waals surface area contributed by atoms with Crippen LogP contribution in [0.1, 0.15) is 31.5 Å². The van der Waals surface area contributed by atoms with Crippen LogP contribution in [0.2, 0.25) is 0 Å². The molecule has 1 heterocycles. The Kier molecular flexibility index (Phi) is 4.85. The molecule has 0 aliphatic heterocycles. The number of rotatable bonds is 6. The summed E-state index contributed by atoms with van der Waals surface area (Å²) in [5.74, 6) is -0.988. The zero-order valence-electron chi connectivity index (χ0n) is 13.1. The average molecular weight is 354 g/mol. The maximum Gasteiger partial charge on any atom is 0.347 e. The Morgan fingerprint density at radius 1 is 1.04 bits per heavy atom. The van der Waals surface area contributed by atoms with E-state index < -0.39 is 10.9 Å². The van der Waals surface area contributed by atoms with Crippen LogP contribution in [0.3, 0.4) is 0 Å². The van der Waals surface area contributed by atoms with Gasteiger partial charge in [0.15, 0.2) is 0 Å². The molecule has 1 N–H and O–H groups in total. The summed E-state index contributed by atoms with van der Waals surface area (Å²) < 4.78 is 0. The molecule has 7 heteroatoms. The van der Waals surface area contributed by atoms with Crippen molar-refractivity contribution in [2.24, 2.45) is 0 Å². The highest BCUT2D eigenvalue weighted by molar-refractivity contribution is 7.13. The minimum atomic E-state index is -0.988. The van der Waals surface area contributed by atoms with E-state index in [0.29, 0.717) is 23.5 Å². The molecule has 0 saturated heterocycles. The molecule has 0 bridgehead atoms. The van der Waals surface area contributed by atoms with Gasteiger partial charge in [0.2, 0.25) is 0 Å². The Labute approximate surface area is 147 Å². The van der Waals surface area contributed by atoms with Crippen molar-refractivity contribution in [3.05, 3.63) is 91.4 Å². The Hall–Kier alpha value is -3.06. The molecule has 3 aromatic rings. The Morgan fingerprint density at radius 2 is 1.68 bits per heavy atom. The van der Waals surface area contributed by atoms with E-state index >= 15 is 0 Å². The molecule has 3 rings (SSSR count). The summed E-state index contributed by atoms with van der Waals surface area (Å²) in [6.07, 6.45) is 0.900. The number of aromatic carboxylic acids is 1. The molecule has 0 radical (unpaired) electrons. The molecule has 6 nitrogen and oxygen atoms in total. The number of carbonyl (C=O) groups is 1. The van der Waals surface area contributed by atoms with E-state index in [9.17, 15) is 20.0 Å². The fraction of sp³-hybridized carbons (Fsp3) is 0.111. The minimum Gasteiger partial charge on any atom is -0.477 e. The topological polar surface area (TPSA) is 93.3 Å². The van der Waals surface area contributed by atoms with Gasteiger partial charge in [-0.3, -0.25) is 10.1 Å². The number of hydrogen-bond acceptors (Lipinski definition) is 5. The Balaban J connectivity index is 1.83. The van der Waals surface area contributed by atoms with E-state index in [0.717, 1.165) is 22.5 Å². The smallest absolute Gasteiger partial charge is 0.347 e. The standard InChI is InChI=1S/C18H14N2O4S/c21-18(22)17-15(10-12-4-2-1-3-5-12)19-16(25-17)11-13-6-8-14(9-7-13)20(23)24/h1-9H,10-11H2,(H,21,22). The predicted octanol–water partition coefficient (Wildman–Crippen LogP) is 3.93. The normalized spacial score (nSPS) is 10.6. The van der Waals surface area contributed by atoms with Crippen molar-refractivity contribution in [1.29, 1.82) is 0 Å². The van der Waals surface area contributed by atoms with Crippen LogP contribution in [0.25, 0.3) is 0 Å². The van der Waals surface area contributed by atoms with Gasteiger partial charge in [-0.2, -0.15) is 0 Å². The van der Waals surface area contributed by atoms with Gasteiger partial charge in [-0.25, -0.2) is 9.78 Å². The third-order valence-corrected chi connectivity index (χ3v) is 4.74. The fourth-order valence-corrected chi connectivity index (χ4v) is 3.42. The van der Waals surface area contributed by atoms with Crippen LogP contribution in [-0.4, -0.2) is 21.0 Å². The molecule has 0 fully saturated rings. The van der Waals surface area contributed by atoms with E-state index in [1.807, 2.05) is 30.3 Å². The number of carboxylic acid groups (broad SMARTS) is 1. The zero-order valence-corrected chi connectivity index (χ0v) is 13.9. The van der Waals surface area contributed by atoms with E-state index in [2.05, 4.69) is 4.98 Å². The molecular weight excluding hydrogens is 340 g/mol. The molecule has 0 amide bonds. The number of benzene rings is 2. The van der Waals surface area contributed by atoms with Crippen molar-refractivity contribution in [2.45, 2.75) is 12.8 Å². The molecule has 126 valence electrons. The van der Waals surface area contributed by atoms with Crippen LogP contribution in [0.15, 0.2) is 54.6 Å². The van der Waals surface area contributed by atoms with Gasteiger partial charge in [-0.05, 0) is 11.1 Å². The summed E-state index contributed by atoms with van der Waals surface area (Å²) >= 11 is 1.15. The van der Waals surface area contributed by atoms with Gasteiger partial charge in [-0.1, -0.05) is 42.5 Å². The van der Waals surface area contributed by atoms with E-state index in [1.165, 1.54) is 12.1 Å². The van der Waals surface area contributed by atoms with E-state index in [-0.39, 0.29) is 10.6 Å². The summed E-state index contributed by atoms with van der Waals surface area (Å²) in [4.78, 5) is 26.5. The van der Waals surface area contributed by atoms with Crippen molar-refractivity contribution >= 4 is 23.0 Å². The monoisotopic (exact) mass is 354 g/mol. The van der Waals surface area contributed by atoms with E-state index in [1.54, 1.807) is 12.1 Å². The van der Waals surface area contributed by atoms with Crippen molar-refractivity contribution < 1.29 is 14.8 Å². The molecule has 0 atom stereocenters. The number of hydrogen-bond donors (Lipinski definition) is 1. The minimum absolute atomic E-state index is 0.0267. The lowest BCUT2D eigenvalue weighted by molar-refractivity contribution is -0.384. The largest absolute Gasteiger partial charge is 0.477 e. The van der Waals surface area contributed by atoms with Crippen molar-refractivity contribution in [3.8, 4) is 0 Å². The molecule has 25 heavy (non-hydrogen) atoms. The first-order valence-electron chi connectivity index (χ1n) is 7.52. The second kappa shape index (κ2) is 7.23. The lowest BCUT2D eigenvalue weighted by atomic mass is 10.1. The van der Waals surface area contributed by atoms with Crippen LogP contribution in [0.4, 0.5) is 5.69 Å². The lowest BCUT2D eigenvalue weighted by Crippen LogP contribution is -1.99. The predicted molar refractivity (Wildman–Crippen MR) is 94.2 cm³/mol. The molecule has 1 aromatic heterocycles. The van der Waals surface area contributed by atoms with Crippen molar-refractivity contribution in [1.82, 2.24) is 4.98 Å². The Morgan fingerprint density at radius 3 is 2.28 bits per heavy atom. The molecule has 0 aliphatic carbocycles. The first-order valence-corrected chi connectivity index (χ1v) is 8.33. The Bertz CT molecular complexity index is 905. The molecule has 0 aliphatic rings. The zero-order chi connectivity index (χ0) is 17.8. The van der Waals surface area contributed by atoms with Gasteiger partial charge in [0, 0.05) is 25.0 Å². The van der Waals surface area contributed by atoms with Crippen LogP contribution >= 0.6 is 11.3 Å². The fourth-order valence-electron chi connectivity index (χ4n) is 2.46. The van der Waals surface area contributed by atoms with E-state index in [4.69, 9.17) is 0 Å². The molecule has 0 unspecified atom stereocenters. The van der Waals surface area contributed by atoms with Gasteiger partial charge in [0.25, 0.3) is 5.69 Å². The first-order chi connectivity index (χ1) is 12.0. The molecular formula is C18H14N2O4S. The average Bonchev–Trinajstić information content (AvgIpc) is 2.99. The van der Waals surface area contributed by atoms with Gasteiger partial charge in [-0.15, -0.1) is 11.3 Å². The molecule has 2 aromatic carbocycles. The van der Waals surface area contributed by atoms with Gasteiger partial charge in [0.05, 0.1) is 15.6 Å².